The van der Waals surface area contributed by atoms with Crippen LogP contribution in [-0.4, -0.2) is 0 Å². The van der Waals surface area contributed by atoms with Crippen molar-refractivity contribution in [3.63, 3.8) is 0 Å². The highest BCUT2D eigenvalue weighted by Crippen LogP contribution is 2.11. The molecule has 0 aromatic carbocycles. The molecule has 0 aliphatic carbocycles. The second kappa shape index (κ2) is 17.0. The van der Waals surface area contributed by atoms with Crippen LogP contribution in [0.15, 0.2) is 36.6 Å². The minimum Gasteiger partial charge on any atom is -0.405 e. The Bertz CT molecular complexity index is 238. The summed E-state index contributed by atoms with van der Waals surface area (Å²) in [7, 11) is 0. The van der Waals surface area contributed by atoms with Crippen LogP contribution in [0.4, 0.5) is 0 Å². The summed E-state index contributed by atoms with van der Waals surface area (Å²) in [6.45, 7) is 2.28. The SMILES string of the molecule is CCCCCCCCCCCCC=CC=CC=CN. The van der Waals surface area contributed by atoms with Gasteiger partial charge in [0.2, 0.25) is 0 Å². The molecule has 0 fully saturated rings. The topological polar surface area (TPSA) is 26.0 Å². The summed E-state index contributed by atoms with van der Waals surface area (Å²) in [5, 5.41) is 0. The highest BCUT2D eigenvalue weighted by molar-refractivity contribution is 5.10. The fourth-order valence-corrected chi connectivity index (χ4v) is 2.12. The molecule has 0 aromatic heterocycles. The van der Waals surface area contributed by atoms with Crippen LogP contribution in [-0.2, 0) is 0 Å². The molecule has 0 aromatic rings. The standard InChI is InChI=1S/C18H33N/c1-2-3-4-5-6-7-8-9-10-11-12-13-14-15-16-17-18-19/h13-18H,2-12,19H2,1H3. The monoisotopic (exact) mass is 263 g/mol. The average Bonchev–Trinajstić information content (AvgIpc) is 2.43. The predicted molar refractivity (Wildman–Crippen MR) is 88.1 cm³/mol. The van der Waals surface area contributed by atoms with Crippen molar-refractivity contribution in [3.05, 3.63) is 36.6 Å². The predicted octanol–water partition coefficient (Wildman–Crippen LogP) is 5.88. The molecular weight excluding hydrogens is 230 g/mol. The zero-order valence-electron chi connectivity index (χ0n) is 12.8. The van der Waals surface area contributed by atoms with Crippen molar-refractivity contribution in [2.75, 3.05) is 0 Å². The van der Waals surface area contributed by atoms with Gasteiger partial charge in [-0.2, -0.15) is 0 Å². The molecule has 0 amide bonds. The van der Waals surface area contributed by atoms with Gasteiger partial charge in [-0.3, -0.25) is 0 Å². The quantitative estimate of drug-likeness (QED) is 0.326. The maximum Gasteiger partial charge on any atom is -0.00624 e. The van der Waals surface area contributed by atoms with Gasteiger partial charge in [-0.05, 0) is 25.1 Å². The largest absolute Gasteiger partial charge is 0.405 e. The Morgan fingerprint density at radius 1 is 0.632 bits per heavy atom. The van der Waals surface area contributed by atoms with Gasteiger partial charge in [-0.15, -0.1) is 0 Å². The third kappa shape index (κ3) is 17.0. The second-order valence-corrected chi connectivity index (χ2v) is 5.17. The van der Waals surface area contributed by atoms with Crippen molar-refractivity contribution in [1.29, 1.82) is 0 Å². The molecule has 0 spiro atoms. The number of allylic oxidation sites excluding steroid dienone is 5. The lowest BCUT2D eigenvalue weighted by atomic mass is 10.1. The smallest absolute Gasteiger partial charge is 0.00624 e. The molecule has 0 unspecified atom stereocenters. The second-order valence-electron chi connectivity index (χ2n) is 5.17. The molecule has 0 aliphatic rings. The van der Waals surface area contributed by atoms with E-state index in [0.29, 0.717) is 0 Å². The van der Waals surface area contributed by atoms with E-state index in [0.717, 1.165) is 0 Å². The van der Waals surface area contributed by atoms with E-state index in [1.54, 1.807) is 6.20 Å². The van der Waals surface area contributed by atoms with Crippen molar-refractivity contribution < 1.29 is 0 Å². The fraction of sp³-hybridized carbons (Fsp3) is 0.667. The zero-order valence-corrected chi connectivity index (χ0v) is 12.8. The molecule has 2 N–H and O–H groups in total. The van der Waals surface area contributed by atoms with Gasteiger partial charge in [0, 0.05) is 0 Å². The van der Waals surface area contributed by atoms with Gasteiger partial charge in [0.25, 0.3) is 0 Å². The lowest BCUT2D eigenvalue weighted by Crippen LogP contribution is -1.81. The van der Waals surface area contributed by atoms with E-state index < -0.39 is 0 Å². The molecule has 0 atom stereocenters. The van der Waals surface area contributed by atoms with Gasteiger partial charge in [0.05, 0.1) is 0 Å². The first-order chi connectivity index (χ1) is 9.41. The first-order valence-electron chi connectivity index (χ1n) is 8.12. The van der Waals surface area contributed by atoms with Gasteiger partial charge in [-0.25, -0.2) is 0 Å². The van der Waals surface area contributed by atoms with Crippen LogP contribution in [0, 0.1) is 0 Å². The first-order valence-corrected chi connectivity index (χ1v) is 8.12. The summed E-state index contributed by atoms with van der Waals surface area (Å²) in [5.74, 6) is 0. The molecule has 0 saturated carbocycles. The Morgan fingerprint density at radius 2 is 1.16 bits per heavy atom. The number of hydrogen-bond donors (Lipinski definition) is 1. The lowest BCUT2D eigenvalue weighted by molar-refractivity contribution is 0.557. The van der Waals surface area contributed by atoms with Gasteiger partial charge >= 0.3 is 0 Å². The lowest BCUT2D eigenvalue weighted by Gasteiger charge is -2.01. The maximum atomic E-state index is 5.23. The third-order valence-electron chi connectivity index (χ3n) is 3.30. The Kier molecular flexibility index (Phi) is 16.1. The summed E-state index contributed by atoms with van der Waals surface area (Å²) in [6, 6.07) is 0. The van der Waals surface area contributed by atoms with E-state index >= 15 is 0 Å². The zero-order chi connectivity index (χ0) is 14.0. The van der Waals surface area contributed by atoms with Crippen LogP contribution < -0.4 is 5.73 Å². The van der Waals surface area contributed by atoms with E-state index in [1.165, 1.54) is 70.6 Å². The molecule has 19 heavy (non-hydrogen) atoms. The van der Waals surface area contributed by atoms with Crippen LogP contribution in [0.25, 0.3) is 0 Å². The molecule has 0 aliphatic heterocycles. The van der Waals surface area contributed by atoms with Crippen molar-refractivity contribution in [2.45, 2.75) is 77.6 Å². The molecule has 0 saturated heterocycles. The average molecular weight is 263 g/mol. The van der Waals surface area contributed by atoms with Crippen LogP contribution in [0.1, 0.15) is 77.6 Å². The Hall–Kier alpha value is -0.980. The van der Waals surface area contributed by atoms with Gasteiger partial charge in [0.15, 0.2) is 0 Å². The number of unbranched alkanes of at least 4 members (excludes halogenated alkanes) is 10. The molecule has 0 rings (SSSR count). The number of nitrogens with two attached hydrogens (primary N) is 1. The summed E-state index contributed by atoms with van der Waals surface area (Å²) >= 11 is 0. The number of rotatable bonds is 13. The molecule has 0 bridgehead atoms. The van der Waals surface area contributed by atoms with Gasteiger partial charge in [0.1, 0.15) is 0 Å². The van der Waals surface area contributed by atoms with Crippen LogP contribution in [0.2, 0.25) is 0 Å². The highest BCUT2D eigenvalue weighted by Gasteiger charge is 1.91. The van der Waals surface area contributed by atoms with Crippen molar-refractivity contribution >= 4 is 0 Å². The minimum atomic E-state index is 1.20. The van der Waals surface area contributed by atoms with Crippen molar-refractivity contribution in [2.24, 2.45) is 5.73 Å². The van der Waals surface area contributed by atoms with Gasteiger partial charge in [-0.1, -0.05) is 89.0 Å². The van der Waals surface area contributed by atoms with E-state index in [4.69, 9.17) is 5.73 Å². The van der Waals surface area contributed by atoms with E-state index in [2.05, 4.69) is 19.1 Å². The summed E-state index contributed by atoms with van der Waals surface area (Å²) in [4.78, 5) is 0. The summed E-state index contributed by atoms with van der Waals surface area (Å²) in [5.41, 5.74) is 5.23. The van der Waals surface area contributed by atoms with Crippen LogP contribution >= 0.6 is 0 Å². The van der Waals surface area contributed by atoms with E-state index in [-0.39, 0.29) is 0 Å². The molecule has 0 heterocycles. The summed E-state index contributed by atoms with van der Waals surface area (Å²) < 4.78 is 0. The van der Waals surface area contributed by atoms with Gasteiger partial charge < -0.3 is 5.73 Å². The Morgan fingerprint density at radius 3 is 1.74 bits per heavy atom. The molecular formula is C18H33N. The van der Waals surface area contributed by atoms with E-state index in [1.807, 2.05) is 18.2 Å². The minimum absolute atomic E-state index is 1.20. The van der Waals surface area contributed by atoms with Crippen molar-refractivity contribution in [3.8, 4) is 0 Å². The molecule has 110 valence electrons. The number of hydrogen-bond acceptors (Lipinski definition) is 1. The highest BCUT2D eigenvalue weighted by atomic mass is 14.5. The molecule has 0 radical (unpaired) electrons. The fourth-order valence-electron chi connectivity index (χ4n) is 2.12. The van der Waals surface area contributed by atoms with Crippen molar-refractivity contribution in [1.82, 2.24) is 0 Å². The normalized spacial score (nSPS) is 12.3. The first kappa shape index (κ1) is 18.0. The maximum absolute atomic E-state index is 5.23. The Balaban J connectivity index is 3.10. The summed E-state index contributed by atoms with van der Waals surface area (Å²) in [6.07, 6.45) is 27.0. The van der Waals surface area contributed by atoms with Crippen LogP contribution in [0.5, 0.6) is 0 Å². The molecule has 1 nitrogen and oxygen atoms in total. The molecule has 1 heteroatoms. The Labute approximate surface area is 120 Å². The third-order valence-corrected chi connectivity index (χ3v) is 3.30. The van der Waals surface area contributed by atoms with E-state index in [9.17, 15) is 0 Å². The van der Waals surface area contributed by atoms with Crippen LogP contribution in [0.3, 0.4) is 0 Å².